The standard InChI is InChI=1S/C20H29N3O5S/c1-4-21-13-20(12-19(21)25)14-22(8-9-23(15-20)29(3,26)27)18(24)11-16-6-5-7-17(10-16)28-2/h5-7,10H,4,8-9,11-15H2,1-3H3/t20-/m0/s1. The van der Waals surface area contributed by atoms with Crippen LogP contribution in [0.2, 0.25) is 0 Å². The molecule has 2 amide bonds. The fraction of sp³-hybridized carbons (Fsp3) is 0.600. The van der Waals surface area contributed by atoms with E-state index in [1.54, 1.807) is 16.9 Å². The van der Waals surface area contributed by atoms with Gasteiger partial charge in [0.1, 0.15) is 5.75 Å². The summed E-state index contributed by atoms with van der Waals surface area (Å²) in [7, 11) is -1.84. The summed E-state index contributed by atoms with van der Waals surface area (Å²) in [5.74, 6) is 0.629. The molecule has 2 aliphatic heterocycles. The number of hydrogen-bond acceptors (Lipinski definition) is 5. The van der Waals surface area contributed by atoms with Gasteiger partial charge in [0.25, 0.3) is 0 Å². The molecule has 2 saturated heterocycles. The molecule has 0 aliphatic carbocycles. The van der Waals surface area contributed by atoms with Crippen molar-refractivity contribution >= 4 is 21.8 Å². The van der Waals surface area contributed by atoms with E-state index in [4.69, 9.17) is 4.74 Å². The molecule has 1 spiro atoms. The van der Waals surface area contributed by atoms with Gasteiger partial charge in [0.2, 0.25) is 21.8 Å². The number of carbonyl (C=O) groups excluding carboxylic acids is 2. The molecule has 0 saturated carbocycles. The van der Waals surface area contributed by atoms with Crippen molar-refractivity contribution in [2.75, 3.05) is 52.6 Å². The average Bonchev–Trinajstić information content (AvgIpc) is 2.84. The van der Waals surface area contributed by atoms with Crippen LogP contribution in [0.1, 0.15) is 18.9 Å². The van der Waals surface area contributed by atoms with Gasteiger partial charge in [-0.2, -0.15) is 4.31 Å². The molecule has 1 aromatic carbocycles. The third-order valence-electron chi connectivity index (χ3n) is 5.76. The molecule has 29 heavy (non-hydrogen) atoms. The maximum atomic E-state index is 13.1. The normalized spacial score (nSPS) is 23.5. The zero-order chi connectivity index (χ0) is 21.2. The second-order valence-corrected chi connectivity index (χ2v) is 10.0. The van der Waals surface area contributed by atoms with Crippen molar-refractivity contribution in [3.63, 3.8) is 0 Å². The number of likely N-dealkylation sites (tertiary alicyclic amines) is 1. The summed E-state index contributed by atoms with van der Waals surface area (Å²) < 4.78 is 31.2. The van der Waals surface area contributed by atoms with E-state index in [1.165, 1.54) is 10.6 Å². The van der Waals surface area contributed by atoms with Gasteiger partial charge < -0.3 is 14.5 Å². The Morgan fingerprint density at radius 3 is 2.59 bits per heavy atom. The highest BCUT2D eigenvalue weighted by Gasteiger charge is 2.48. The molecule has 0 N–H and O–H groups in total. The first-order valence-corrected chi connectivity index (χ1v) is 11.6. The van der Waals surface area contributed by atoms with E-state index in [-0.39, 0.29) is 37.7 Å². The summed E-state index contributed by atoms with van der Waals surface area (Å²) in [6.45, 7) is 4.16. The van der Waals surface area contributed by atoms with Gasteiger partial charge in [0, 0.05) is 51.1 Å². The van der Waals surface area contributed by atoms with Gasteiger partial charge in [-0.25, -0.2) is 8.42 Å². The zero-order valence-electron chi connectivity index (χ0n) is 17.3. The van der Waals surface area contributed by atoms with Crippen LogP contribution in [-0.4, -0.2) is 87.0 Å². The smallest absolute Gasteiger partial charge is 0.227 e. The number of benzene rings is 1. The number of ether oxygens (including phenoxy) is 1. The van der Waals surface area contributed by atoms with Crippen LogP contribution in [0.3, 0.4) is 0 Å². The Morgan fingerprint density at radius 1 is 1.21 bits per heavy atom. The first-order valence-electron chi connectivity index (χ1n) is 9.79. The topological polar surface area (TPSA) is 87.2 Å². The zero-order valence-corrected chi connectivity index (χ0v) is 18.1. The van der Waals surface area contributed by atoms with Crippen molar-refractivity contribution in [1.82, 2.24) is 14.1 Å². The third-order valence-corrected chi connectivity index (χ3v) is 7.01. The highest BCUT2D eigenvalue weighted by Crippen LogP contribution is 2.35. The van der Waals surface area contributed by atoms with Crippen LogP contribution in [0.5, 0.6) is 5.75 Å². The maximum Gasteiger partial charge on any atom is 0.227 e. The van der Waals surface area contributed by atoms with Crippen LogP contribution < -0.4 is 4.74 Å². The van der Waals surface area contributed by atoms with Crippen LogP contribution in [0.25, 0.3) is 0 Å². The van der Waals surface area contributed by atoms with Crippen molar-refractivity contribution < 1.29 is 22.7 Å². The molecule has 1 aromatic rings. The SMILES string of the molecule is CCN1C[C@@]2(CC1=O)CN(C(=O)Cc1cccc(OC)c1)CCN(S(C)(=O)=O)C2. The summed E-state index contributed by atoms with van der Waals surface area (Å²) in [5, 5.41) is 0. The molecule has 3 rings (SSSR count). The Morgan fingerprint density at radius 2 is 1.97 bits per heavy atom. The number of amides is 2. The predicted molar refractivity (Wildman–Crippen MR) is 109 cm³/mol. The van der Waals surface area contributed by atoms with Crippen LogP contribution >= 0.6 is 0 Å². The summed E-state index contributed by atoms with van der Waals surface area (Å²) in [5.41, 5.74) is 0.266. The molecule has 2 heterocycles. The summed E-state index contributed by atoms with van der Waals surface area (Å²) in [6, 6.07) is 7.36. The van der Waals surface area contributed by atoms with E-state index in [1.807, 2.05) is 31.2 Å². The Balaban J connectivity index is 1.83. The van der Waals surface area contributed by atoms with E-state index >= 15 is 0 Å². The summed E-state index contributed by atoms with van der Waals surface area (Å²) in [6.07, 6.45) is 1.65. The molecule has 2 aliphatic rings. The molecule has 0 aromatic heterocycles. The number of hydrogen-bond donors (Lipinski definition) is 0. The Kier molecular flexibility index (Phi) is 6.19. The Labute approximate surface area is 172 Å². The predicted octanol–water partition coefficient (Wildman–Crippen LogP) is 0.580. The van der Waals surface area contributed by atoms with E-state index in [0.29, 0.717) is 31.9 Å². The Hall–Kier alpha value is -2.13. The van der Waals surface area contributed by atoms with Gasteiger partial charge >= 0.3 is 0 Å². The minimum absolute atomic E-state index is 0.0167. The van der Waals surface area contributed by atoms with Gasteiger partial charge in [0.15, 0.2) is 0 Å². The lowest BCUT2D eigenvalue weighted by Crippen LogP contribution is -2.45. The Bertz CT molecular complexity index is 888. The van der Waals surface area contributed by atoms with Crippen molar-refractivity contribution in [3.05, 3.63) is 29.8 Å². The van der Waals surface area contributed by atoms with Gasteiger partial charge in [-0.3, -0.25) is 9.59 Å². The van der Waals surface area contributed by atoms with Crippen LogP contribution in [0.4, 0.5) is 0 Å². The van der Waals surface area contributed by atoms with Crippen LogP contribution in [0, 0.1) is 5.41 Å². The minimum Gasteiger partial charge on any atom is -0.497 e. The quantitative estimate of drug-likeness (QED) is 0.691. The van der Waals surface area contributed by atoms with Crippen molar-refractivity contribution in [3.8, 4) is 5.75 Å². The first-order chi connectivity index (χ1) is 13.7. The lowest BCUT2D eigenvalue weighted by molar-refractivity contribution is -0.132. The molecular formula is C20H29N3O5S. The second-order valence-electron chi connectivity index (χ2n) is 8.02. The lowest BCUT2D eigenvalue weighted by atomic mass is 9.86. The van der Waals surface area contributed by atoms with E-state index in [2.05, 4.69) is 0 Å². The van der Waals surface area contributed by atoms with Gasteiger partial charge in [-0.1, -0.05) is 12.1 Å². The fourth-order valence-electron chi connectivity index (χ4n) is 4.27. The molecule has 160 valence electrons. The molecule has 0 radical (unpaired) electrons. The maximum absolute atomic E-state index is 13.1. The number of rotatable bonds is 5. The molecule has 2 fully saturated rings. The second kappa shape index (κ2) is 8.31. The molecule has 9 heteroatoms. The highest BCUT2D eigenvalue weighted by molar-refractivity contribution is 7.88. The van der Waals surface area contributed by atoms with Gasteiger partial charge in [-0.05, 0) is 24.6 Å². The van der Waals surface area contributed by atoms with Crippen molar-refractivity contribution in [2.45, 2.75) is 19.8 Å². The monoisotopic (exact) mass is 423 g/mol. The highest BCUT2D eigenvalue weighted by atomic mass is 32.2. The average molecular weight is 424 g/mol. The fourth-order valence-corrected chi connectivity index (χ4v) is 5.19. The number of carbonyl (C=O) groups is 2. The molecule has 8 nitrogen and oxygen atoms in total. The van der Waals surface area contributed by atoms with Crippen molar-refractivity contribution in [1.29, 1.82) is 0 Å². The minimum atomic E-state index is -3.42. The number of sulfonamides is 1. The number of methoxy groups -OCH3 is 1. The van der Waals surface area contributed by atoms with Crippen LogP contribution in [0.15, 0.2) is 24.3 Å². The largest absolute Gasteiger partial charge is 0.497 e. The van der Waals surface area contributed by atoms with E-state index < -0.39 is 15.4 Å². The number of nitrogens with zero attached hydrogens (tertiary/aromatic N) is 3. The first kappa shape index (κ1) is 21.6. The van der Waals surface area contributed by atoms with Gasteiger partial charge in [0.05, 0.1) is 19.8 Å². The summed E-state index contributed by atoms with van der Waals surface area (Å²) >= 11 is 0. The molecule has 0 unspecified atom stereocenters. The van der Waals surface area contributed by atoms with E-state index in [9.17, 15) is 18.0 Å². The van der Waals surface area contributed by atoms with E-state index in [0.717, 1.165) is 5.56 Å². The summed E-state index contributed by atoms with van der Waals surface area (Å²) in [4.78, 5) is 29.0. The molecule has 0 bridgehead atoms. The molecular weight excluding hydrogens is 394 g/mol. The van der Waals surface area contributed by atoms with Crippen LogP contribution in [-0.2, 0) is 26.0 Å². The lowest BCUT2D eigenvalue weighted by Gasteiger charge is -2.33. The van der Waals surface area contributed by atoms with Crippen molar-refractivity contribution in [2.24, 2.45) is 5.41 Å². The third kappa shape index (κ3) is 4.90. The van der Waals surface area contributed by atoms with Gasteiger partial charge in [-0.15, -0.1) is 0 Å². The molecule has 1 atom stereocenters.